The van der Waals surface area contributed by atoms with Gasteiger partial charge in [0, 0.05) is 17.1 Å². The Labute approximate surface area is 148 Å². The SMILES string of the molecule is C[C@H](OC(=O)CCC(=O)c1cccs1)C(=O)Nc1ccc(Cl)cc1. The van der Waals surface area contributed by atoms with Gasteiger partial charge in [-0.2, -0.15) is 0 Å². The van der Waals surface area contributed by atoms with E-state index < -0.39 is 18.0 Å². The Bertz CT molecular complexity index is 713. The summed E-state index contributed by atoms with van der Waals surface area (Å²) < 4.78 is 5.05. The maximum absolute atomic E-state index is 12.0. The Morgan fingerprint density at radius 3 is 2.50 bits per heavy atom. The topological polar surface area (TPSA) is 72.5 Å². The van der Waals surface area contributed by atoms with E-state index in [1.165, 1.54) is 18.3 Å². The molecule has 2 rings (SSSR count). The first-order valence-corrected chi connectivity index (χ1v) is 8.54. The van der Waals surface area contributed by atoms with Gasteiger partial charge in [-0.3, -0.25) is 14.4 Å². The lowest BCUT2D eigenvalue weighted by atomic mass is 10.2. The van der Waals surface area contributed by atoms with Crippen molar-refractivity contribution in [1.82, 2.24) is 0 Å². The summed E-state index contributed by atoms with van der Waals surface area (Å²) in [7, 11) is 0. The Morgan fingerprint density at radius 1 is 1.17 bits per heavy atom. The van der Waals surface area contributed by atoms with Gasteiger partial charge in [0.05, 0.1) is 11.3 Å². The van der Waals surface area contributed by atoms with Crippen molar-refractivity contribution in [3.8, 4) is 0 Å². The standard InChI is InChI=1S/C17H16ClNO4S/c1-11(17(22)19-13-6-4-12(18)5-7-13)23-16(21)9-8-14(20)15-3-2-10-24-15/h2-7,10-11H,8-9H2,1H3,(H,19,22)/t11-/m0/s1. The lowest BCUT2D eigenvalue weighted by Crippen LogP contribution is -2.30. The first-order valence-electron chi connectivity index (χ1n) is 7.28. The second-order valence-electron chi connectivity index (χ2n) is 5.03. The smallest absolute Gasteiger partial charge is 0.307 e. The van der Waals surface area contributed by atoms with Crippen molar-refractivity contribution in [1.29, 1.82) is 0 Å². The number of nitrogens with one attached hydrogen (secondary N) is 1. The van der Waals surface area contributed by atoms with Crippen LogP contribution in [0.3, 0.4) is 0 Å². The molecule has 126 valence electrons. The lowest BCUT2D eigenvalue weighted by Gasteiger charge is -2.13. The van der Waals surface area contributed by atoms with E-state index in [0.717, 1.165) is 0 Å². The number of rotatable bonds is 7. The van der Waals surface area contributed by atoms with Crippen molar-refractivity contribution in [3.05, 3.63) is 51.7 Å². The molecule has 0 spiro atoms. The van der Waals surface area contributed by atoms with E-state index in [-0.39, 0.29) is 18.6 Å². The predicted molar refractivity (Wildman–Crippen MR) is 93.5 cm³/mol. The van der Waals surface area contributed by atoms with Gasteiger partial charge >= 0.3 is 5.97 Å². The number of anilines is 1. The van der Waals surface area contributed by atoms with Crippen LogP contribution in [0.5, 0.6) is 0 Å². The molecule has 2 aromatic rings. The molecule has 0 aliphatic carbocycles. The number of esters is 1. The predicted octanol–water partition coefficient (Wildman–Crippen LogP) is 3.93. The summed E-state index contributed by atoms with van der Waals surface area (Å²) in [6.07, 6.45) is -0.954. The molecule has 0 aliphatic heterocycles. The van der Waals surface area contributed by atoms with Gasteiger partial charge in [0.2, 0.25) is 0 Å². The van der Waals surface area contributed by atoms with Gasteiger partial charge in [0.1, 0.15) is 0 Å². The maximum atomic E-state index is 12.0. The first kappa shape index (κ1) is 18.2. The summed E-state index contributed by atoms with van der Waals surface area (Å²) in [6.45, 7) is 1.48. The van der Waals surface area contributed by atoms with Crippen LogP contribution < -0.4 is 5.32 Å². The molecule has 1 amide bonds. The van der Waals surface area contributed by atoms with Crippen molar-refractivity contribution in [2.75, 3.05) is 5.32 Å². The third-order valence-corrected chi connectivity index (χ3v) is 4.30. The number of halogens is 1. The van der Waals surface area contributed by atoms with Gasteiger partial charge in [-0.15, -0.1) is 11.3 Å². The number of ketones is 1. The van der Waals surface area contributed by atoms with Gasteiger partial charge in [-0.05, 0) is 42.6 Å². The molecule has 1 heterocycles. The summed E-state index contributed by atoms with van der Waals surface area (Å²) in [4.78, 5) is 36.2. The molecule has 0 fully saturated rings. The third-order valence-electron chi connectivity index (χ3n) is 3.14. The normalized spacial score (nSPS) is 11.6. The van der Waals surface area contributed by atoms with Crippen LogP contribution >= 0.6 is 22.9 Å². The van der Waals surface area contributed by atoms with E-state index in [4.69, 9.17) is 16.3 Å². The molecule has 0 saturated heterocycles. The van der Waals surface area contributed by atoms with Crippen molar-refractivity contribution < 1.29 is 19.1 Å². The van der Waals surface area contributed by atoms with Crippen molar-refractivity contribution in [2.24, 2.45) is 0 Å². The second-order valence-corrected chi connectivity index (χ2v) is 6.41. The molecule has 7 heteroatoms. The molecule has 0 aliphatic rings. The van der Waals surface area contributed by atoms with Crippen molar-refractivity contribution in [2.45, 2.75) is 25.9 Å². The van der Waals surface area contributed by atoms with Crippen LogP contribution in [0.1, 0.15) is 29.4 Å². The molecule has 1 aromatic heterocycles. The summed E-state index contributed by atoms with van der Waals surface area (Å²) in [5.41, 5.74) is 0.556. The summed E-state index contributed by atoms with van der Waals surface area (Å²) in [6, 6.07) is 10.1. The minimum absolute atomic E-state index is 0.0602. The Morgan fingerprint density at radius 2 is 1.88 bits per heavy atom. The van der Waals surface area contributed by atoms with Crippen LogP contribution in [0.25, 0.3) is 0 Å². The average molecular weight is 366 g/mol. The number of thiophene rings is 1. The number of carbonyl (C=O) groups is 3. The van der Waals surface area contributed by atoms with Crippen LogP contribution in [0.4, 0.5) is 5.69 Å². The zero-order valence-corrected chi connectivity index (χ0v) is 14.5. The molecule has 1 atom stereocenters. The van der Waals surface area contributed by atoms with Crippen LogP contribution in [0.15, 0.2) is 41.8 Å². The molecule has 0 saturated carbocycles. The quantitative estimate of drug-likeness (QED) is 0.596. The largest absolute Gasteiger partial charge is 0.453 e. The highest BCUT2D eigenvalue weighted by Crippen LogP contribution is 2.15. The Kier molecular flexibility index (Phi) is 6.52. The zero-order chi connectivity index (χ0) is 17.5. The second kappa shape index (κ2) is 8.61. The fourth-order valence-electron chi connectivity index (χ4n) is 1.86. The summed E-state index contributed by atoms with van der Waals surface area (Å²) in [5, 5.41) is 4.98. The molecule has 24 heavy (non-hydrogen) atoms. The number of Topliss-reactive ketones (excluding diaryl/α,β-unsaturated/α-hetero) is 1. The highest BCUT2D eigenvalue weighted by molar-refractivity contribution is 7.12. The highest BCUT2D eigenvalue weighted by atomic mass is 35.5. The van der Waals surface area contributed by atoms with Crippen molar-refractivity contribution >= 4 is 46.3 Å². The molecular weight excluding hydrogens is 350 g/mol. The molecule has 0 unspecified atom stereocenters. The van der Waals surface area contributed by atoms with Gasteiger partial charge in [-0.25, -0.2) is 0 Å². The first-order chi connectivity index (χ1) is 11.5. The summed E-state index contributed by atoms with van der Waals surface area (Å²) >= 11 is 7.10. The van der Waals surface area contributed by atoms with Crippen LogP contribution in [0.2, 0.25) is 5.02 Å². The maximum Gasteiger partial charge on any atom is 0.307 e. The molecule has 5 nitrogen and oxygen atoms in total. The molecule has 1 N–H and O–H groups in total. The number of ether oxygens (including phenoxy) is 1. The average Bonchev–Trinajstić information content (AvgIpc) is 3.09. The lowest BCUT2D eigenvalue weighted by molar-refractivity contribution is -0.153. The van der Waals surface area contributed by atoms with E-state index in [0.29, 0.717) is 15.6 Å². The van der Waals surface area contributed by atoms with E-state index >= 15 is 0 Å². The van der Waals surface area contributed by atoms with Crippen LogP contribution in [0, 0.1) is 0 Å². The molecular formula is C17H16ClNO4S. The number of carbonyl (C=O) groups excluding carboxylic acids is 3. The van der Waals surface area contributed by atoms with E-state index in [1.54, 1.807) is 41.8 Å². The van der Waals surface area contributed by atoms with E-state index in [1.807, 2.05) is 0 Å². The number of amides is 1. The van der Waals surface area contributed by atoms with Gasteiger partial charge in [0.15, 0.2) is 11.9 Å². The van der Waals surface area contributed by atoms with E-state index in [2.05, 4.69) is 5.32 Å². The molecule has 1 aromatic carbocycles. The molecule has 0 radical (unpaired) electrons. The fourth-order valence-corrected chi connectivity index (χ4v) is 2.68. The van der Waals surface area contributed by atoms with Crippen molar-refractivity contribution in [3.63, 3.8) is 0 Å². The number of hydrogen-bond donors (Lipinski definition) is 1. The Balaban J connectivity index is 1.77. The minimum Gasteiger partial charge on any atom is -0.453 e. The van der Waals surface area contributed by atoms with Gasteiger partial charge in [0.25, 0.3) is 5.91 Å². The van der Waals surface area contributed by atoms with Gasteiger partial charge < -0.3 is 10.1 Å². The number of benzene rings is 1. The van der Waals surface area contributed by atoms with Crippen LogP contribution in [-0.4, -0.2) is 23.8 Å². The third kappa shape index (κ3) is 5.47. The van der Waals surface area contributed by atoms with Crippen LogP contribution in [-0.2, 0) is 14.3 Å². The molecule has 0 bridgehead atoms. The monoisotopic (exact) mass is 365 g/mol. The minimum atomic E-state index is -0.954. The fraction of sp³-hybridized carbons (Fsp3) is 0.235. The van der Waals surface area contributed by atoms with Gasteiger partial charge in [-0.1, -0.05) is 17.7 Å². The summed E-state index contributed by atoms with van der Waals surface area (Å²) in [5.74, 6) is -1.14. The number of hydrogen-bond acceptors (Lipinski definition) is 5. The Hall–Kier alpha value is -2.18. The highest BCUT2D eigenvalue weighted by Gasteiger charge is 2.19. The zero-order valence-electron chi connectivity index (χ0n) is 13.0. The van der Waals surface area contributed by atoms with E-state index in [9.17, 15) is 14.4 Å².